The van der Waals surface area contributed by atoms with E-state index in [4.69, 9.17) is 11.6 Å². The molecule has 2 N–H and O–H groups in total. The standard InChI is InChI=1S/C8H7ClO.CH5N/c1-6-2-3-7(5-10)8(9)4-6;1-2/h2-5H,1H3;2H2,1H3. The number of rotatable bonds is 1. The van der Waals surface area contributed by atoms with E-state index in [-0.39, 0.29) is 0 Å². The summed E-state index contributed by atoms with van der Waals surface area (Å²) in [4.78, 5) is 10.3. The van der Waals surface area contributed by atoms with Gasteiger partial charge in [0.15, 0.2) is 6.29 Å². The molecule has 0 aliphatic rings. The van der Waals surface area contributed by atoms with E-state index in [0.29, 0.717) is 10.6 Å². The van der Waals surface area contributed by atoms with E-state index in [1.54, 1.807) is 12.1 Å². The first kappa shape index (κ1) is 11.1. The van der Waals surface area contributed by atoms with Crippen LogP contribution in [-0.2, 0) is 0 Å². The average molecular weight is 186 g/mol. The van der Waals surface area contributed by atoms with E-state index in [2.05, 4.69) is 5.73 Å². The number of hydrogen-bond donors (Lipinski definition) is 1. The summed E-state index contributed by atoms with van der Waals surface area (Å²) in [7, 11) is 1.50. The first-order valence-electron chi connectivity index (χ1n) is 3.53. The van der Waals surface area contributed by atoms with Gasteiger partial charge in [0.25, 0.3) is 0 Å². The Morgan fingerprint density at radius 2 is 2.00 bits per heavy atom. The van der Waals surface area contributed by atoms with E-state index in [0.717, 1.165) is 11.8 Å². The van der Waals surface area contributed by atoms with Crippen molar-refractivity contribution in [2.45, 2.75) is 6.92 Å². The van der Waals surface area contributed by atoms with Gasteiger partial charge in [0.1, 0.15) is 0 Å². The van der Waals surface area contributed by atoms with Crippen LogP contribution in [0.15, 0.2) is 18.2 Å². The Labute approximate surface area is 77.3 Å². The molecule has 0 unspecified atom stereocenters. The van der Waals surface area contributed by atoms with Gasteiger partial charge in [-0.25, -0.2) is 0 Å². The number of aryl methyl sites for hydroxylation is 1. The topological polar surface area (TPSA) is 43.1 Å². The van der Waals surface area contributed by atoms with Gasteiger partial charge in [0.2, 0.25) is 0 Å². The third-order valence-electron chi connectivity index (χ3n) is 1.28. The van der Waals surface area contributed by atoms with Crippen LogP contribution >= 0.6 is 11.6 Å². The van der Waals surface area contributed by atoms with E-state index in [1.165, 1.54) is 7.05 Å². The molecule has 0 spiro atoms. The van der Waals surface area contributed by atoms with Gasteiger partial charge in [-0.2, -0.15) is 0 Å². The van der Waals surface area contributed by atoms with Gasteiger partial charge in [0.05, 0.1) is 5.02 Å². The normalized spacial score (nSPS) is 8.33. The summed E-state index contributed by atoms with van der Waals surface area (Å²) < 4.78 is 0. The maximum Gasteiger partial charge on any atom is 0.151 e. The number of halogens is 1. The minimum atomic E-state index is 0.523. The molecule has 0 aliphatic carbocycles. The Morgan fingerprint density at radius 1 is 1.42 bits per heavy atom. The van der Waals surface area contributed by atoms with Gasteiger partial charge >= 0.3 is 0 Å². The molecular weight excluding hydrogens is 174 g/mol. The van der Waals surface area contributed by atoms with E-state index in [9.17, 15) is 4.79 Å². The fraction of sp³-hybridized carbons (Fsp3) is 0.222. The molecule has 0 amide bonds. The van der Waals surface area contributed by atoms with Crippen LogP contribution in [0.2, 0.25) is 5.02 Å². The summed E-state index contributed by atoms with van der Waals surface area (Å²) in [5.74, 6) is 0. The maximum absolute atomic E-state index is 10.3. The second-order valence-electron chi connectivity index (χ2n) is 2.14. The highest BCUT2D eigenvalue weighted by molar-refractivity contribution is 6.33. The van der Waals surface area contributed by atoms with Crippen molar-refractivity contribution in [1.82, 2.24) is 0 Å². The smallest absolute Gasteiger partial charge is 0.151 e. The van der Waals surface area contributed by atoms with E-state index in [1.807, 2.05) is 13.0 Å². The fourth-order valence-corrected chi connectivity index (χ4v) is 1.01. The van der Waals surface area contributed by atoms with Crippen molar-refractivity contribution < 1.29 is 4.79 Å². The number of carbonyl (C=O) groups excluding carboxylic acids is 1. The number of benzene rings is 1. The largest absolute Gasteiger partial charge is 0.333 e. The van der Waals surface area contributed by atoms with Gasteiger partial charge in [-0.3, -0.25) is 4.79 Å². The number of nitrogens with two attached hydrogens (primary N) is 1. The highest BCUT2D eigenvalue weighted by atomic mass is 35.5. The van der Waals surface area contributed by atoms with Gasteiger partial charge in [-0.15, -0.1) is 0 Å². The summed E-state index contributed by atoms with van der Waals surface area (Å²) in [5.41, 5.74) is 6.11. The zero-order chi connectivity index (χ0) is 9.56. The second-order valence-corrected chi connectivity index (χ2v) is 2.55. The first-order chi connectivity index (χ1) is 5.74. The van der Waals surface area contributed by atoms with Crippen LogP contribution in [-0.4, -0.2) is 13.3 Å². The molecule has 1 rings (SSSR count). The summed E-state index contributed by atoms with van der Waals surface area (Å²) in [5, 5.41) is 0.523. The molecule has 2 nitrogen and oxygen atoms in total. The predicted octanol–water partition coefficient (Wildman–Crippen LogP) is 2.04. The van der Waals surface area contributed by atoms with Gasteiger partial charge in [-0.1, -0.05) is 17.7 Å². The quantitative estimate of drug-likeness (QED) is 0.681. The SMILES string of the molecule is CN.Cc1ccc(C=O)c(Cl)c1. The van der Waals surface area contributed by atoms with E-state index < -0.39 is 0 Å². The lowest BCUT2D eigenvalue weighted by Gasteiger charge is -1.95. The third-order valence-corrected chi connectivity index (χ3v) is 1.61. The Kier molecular flexibility index (Phi) is 5.34. The Hall–Kier alpha value is -0.860. The van der Waals surface area contributed by atoms with Crippen LogP contribution < -0.4 is 5.73 Å². The van der Waals surface area contributed by atoms with Crippen LogP contribution in [0.1, 0.15) is 15.9 Å². The number of aldehydes is 1. The van der Waals surface area contributed by atoms with Crippen LogP contribution in [0.25, 0.3) is 0 Å². The molecule has 66 valence electrons. The average Bonchev–Trinajstić information content (AvgIpc) is 2.08. The minimum Gasteiger partial charge on any atom is -0.333 e. The second kappa shape index (κ2) is 5.75. The maximum atomic E-state index is 10.3. The van der Waals surface area contributed by atoms with Gasteiger partial charge in [-0.05, 0) is 31.7 Å². The molecule has 1 aromatic carbocycles. The van der Waals surface area contributed by atoms with Crippen molar-refractivity contribution >= 4 is 17.9 Å². The summed E-state index contributed by atoms with van der Waals surface area (Å²) in [6.07, 6.45) is 0.752. The lowest BCUT2D eigenvalue weighted by atomic mass is 10.2. The van der Waals surface area contributed by atoms with Crippen LogP contribution in [0, 0.1) is 6.92 Å². The number of hydrogen-bond acceptors (Lipinski definition) is 2. The van der Waals surface area contributed by atoms with E-state index >= 15 is 0 Å². The third kappa shape index (κ3) is 3.03. The first-order valence-corrected chi connectivity index (χ1v) is 3.91. The highest BCUT2D eigenvalue weighted by Crippen LogP contribution is 2.14. The molecule has 0 bridgehead atoms. The van der Waals surface area contributed by atoms with Gasteiger partial charge < -0.3 is 5.73 Å². The molecule has 0 aromatic heterocycles. The van der Waals surface area contributed by atoms with Crippen molar-refractivity contribution in [2.24, 2.45) is 5.73 Å². The summed E-state index contributed by atoms with van der Waals surface area (Å²) in [6.45, 7) is 1.93. The Balaban J connectivity index is 0.000000561. The van der Waals surface area contributed by atoms with Crippen LogP contribution in [0.5, 0.6) is 0 Å². The molecule has 0 heterocycles. The molecule has 0 fully saturated rings. The Bertz CT molecular complexity index is 261. The van der Waals surface area contributed by atoms with Crippen molar-refractivity contribution in [3.05, 3.63) is 34.3 Å². The number of carbonyl (C=O) groups is 1. The molecule has 0 atom stereocenters. The van der Waals surface area contributed by atoms with Gasteiger partial charge in [0, 0.05) is 5.56 Å². The molecule has 0 saturated heterocycles. The fourth-order valence-electron chi connectivity index (χ4n) is 0.728. The summed E-state index contributed by atoms with van der Waals surface area (Å²) in [6, 6.07) is 5.34. The molecule has 0 radical (unpaired) electrons. The Morgan fingerprint density at radius 3 is 2.42 bits per heavy atom. The summed E-state index contributed by atoms with van der Waals surface area (Å²) >= 11 is 5.70. The van der Waals surface area contributed by atoms with Crippen molar-refractivity contribution in [1.29, 1.82) is 0 Å². The van der Waals surface area contributed by atoms with Crippen molar-refractivity contribution in [3.8, 4) is 0 Å². The molecule has 0 saturated carbocycles. The van der Waals surface area contributed by atoms with Crippen LogP contribution in [0.3, 0.4) is 0 Å². The van der Waals surface area contributed by atoms with Crippen molar-refractivity contribution in [3.63, 3.8) is 0 Å². The zero-order valence-electron chi connectivity index (χ0n) is 7.17. The van der Waals surface area contributed by atoms with Crippen molar-refractivity contribution in [2.75, 3.05) is 7.05 Å². The zero-order valence-corrected chi connectivity index (χ0v) is 7.93. The molecule has 3 heteroatoms. The predicted molar refractivity (Wildman–Crippen MR) is 51.7 cm³/mol. The lowest BCUT2D eigenvalue weighted by molar-refractivity contribution is 0.112. The highest BCUT2D eigenvalue weighted by Gasteiger charge is 1.96. The molecule has 0 aliphatic heterocycles. The molecule has 12 heavy (non-hydrogen) atoms. The van der Waals surface area contributed by atoms with Crippen LogP contribution in [0.4, 0.5) is 0 Å². The molecule has 1 aromatic rings. The molecular formula is C9H12ClNO. The minimum absolute atomic E-state index is 0.523. The lowest BCUT2D eigenvalue weighted by Crippen LogP contribution is -1.81. The monoisotopic (exact) mass is 185 g/mol.